The first-order valence-corrected chi connectivity index (χ1v) is 8.40. The number of carbonyl (C=O) groups is 1. The van der Waals surface area contributed by atoms with Crippen molar-refractivity contribution in [3.63, 3.8) is 0 Å². The molecule has 2 aromatic heterocycles. The van der Waals surface area contributed by atoms with E-state index in [1.54, 1.807) is 24.8 Å². The first-order chi connectivity index (χ1) is 11.8. The van der Waals surface area contributed by atoms with Crippen LogP contribution in [0.3, 0.4) is 0 Å². The monoisotopic (exact) mass is 325 g/mol. The number of amides is 1. The maximum absolute atomic E-state index is 12.7. The molecule has 0 bridgehead atoms. The van der Waals surface area contributed by atoms with E-state index in [0.29, 0.717) is 13.1 Å². The number of anilines is 1. The molecular formula is C18H23N5O. The Kier molecular flexibility index (Phi) is 5.74. The number of hydrogen-bond acceptors (Lipinski definition) is 5. The molecule has 1 saturated heterocycles. The summed E-state index contributed by atoms with van der Waals surface area (Å²) in [5.74, 6) is 0.0397. The van der Waals surface area contributed by atoms with E-state index >= 15 is 0 Å². The zero-order chi connectivity index (χ0) is 16.6. The lowest BCUT2D eigenvalue weighted by molar-refractivity contribution is -0.126. The van der Waals surface area contributed by atoms with Gasteiger partial charge >= 0.3 is 0 Å². The summed E-state index contributed by atoms with van der Waals surface area (Å²) in [6.07, 6.45) is 9.32. The molecule has 0 aliphatic carbocycles. The summed E-state index contributed by atoms with van der Waals surface area (Å²) in [5, 5.41) is 6.28. The molecule has 3 heterocycles. The summed E-state index contributed by atoms with van der Waals surface area (Å²) in [6.45, 7) is 3.15. The second-order valence-corrected chi connectivity index (χ2v) is 5.89. The molecule has 0 spiro atoms. The molecule has 6 heteroatoms. The van der Waals surface area contributed by atoms with Crippen LogP contribution in [0, 0.1) is 0 Å². The van der Waals surface area contributed by atoms with Gasteiger partial charge in [0.05, 0.1) is 5.69 Å². The van der Waals surface area contributed by atoms with Gasteiger partial charge in [0, 0.05) is 37.9 Å². The normalized spacial score (nSPS) is 15.8. The predicted molar refractivity (Wildman–Crippen MR) is 93.5 cm³/mol. The van der Waals surface area contributed by atoms with E-state index in [9.17, 15) is 4.79 Å². The van der Waals surface area contributed by atoms with Gasteiger partial charge in [-0.2, -0.15) is 0 Å². The molecular weight excluding hydrogens is 302 g/mol. The van der Waals surface area contributed by atoms with E-state index in [2.05, 4.69) is 25.5 Å². The SMILES string of the molecule is O=C(NCCNc1cccnc1)[C@@H](c1cccnc1)N1CCCC1. The van der Waals surface area contributed by atoms with Gasteiger partial charge in [0.2, 0.25) is 5.91 Å². The fraction of sp³-hybridized carbons (Fsp3) is 0.389. The Morgan fingerprint density at radius 2 is 1.83 bits per heavy atom. The van der Waals surface area contributed by atoms with Crippen LogP contribution in [0.5, 0.6) is 0 Å². The first kappa shape index (κ1) is 16.4. The number of rotatable bonds is 7. The van der Waals surface area contributed by atoms with Gasteiger partial charge in [-0.15, -0.1) is 0 Å². The van der Waals surface area contributed by atoms with E-state index in [4.69, 9.17) is 0 Å². The van der Waals surface area contributed by atoms with Crippen molar-refractivity contribution >= 4 is 11.6 Å². The van der Waals surface area contributed by atoms with Crippen LogP contribution in [0.2, 0.25) is 0 Å². The molecule has 1 aliphatic heterocycles. The minimum absolute atomic E-state index is 0.0397. The Bertz CT molecular complexity index is 628. The third kappa shape index (κ3) is 4.29. The van der Waals surface area contributed by atoms with Crippen molar-refractivity contribution in [3.8, 4) is 0 Å². The van der Waals surface area contributed by atoms with Crippen LogP contribution in [0.1, 0.15) is 24.4 Å². The van der Waals surface area contributed by atoms with Gasteiger partial charge in [-0.25, -0.2) is 0 Å². The molecule has 0 aromatic carbocycles. The van der Waals surface area contributed by atoms with Gasteiger partial charge in [-0.3, -0.25) is 19.7 Å². The van der Waals surface area contributed by atoms with E-state index in [1.165, 1.54) is 0 Å². The number of aromatic nitrogens is 2. The molecule has 0 saturated carbocycles. The van der Waals surface area contributed by atoms with Gasteiger partial charge < -0.3 is 10.6 Å². The highest BCUT2D eigenvalue weighted by Gasteiger charge is 2.29. The summed E-state index contributed by atoms with van der Waals surface area (Å²) in [6, 6.07) is 7.45. The van der Waals surface area contributed by atoms with Crippen LogP contribution in [0.25, 0.3) is 0 Å². The minimum atomic E-state index is -0.250. The molecule has 0 unspecified atom stereocenters. The second-order valence-electron chi connectivity index (χ2n) is 5.89. The Morgan fingerprint density at radius 1 is 1.08 bits per heavy atom. The minimum Gasteiger partial charge on any atom is -0.382 e. The first-order valence-electron chi connectivity index (χ1n) is 8.40. The largest absolute Gasteiger partial charge is 0.382 e. The molecule has 2 aromatic rings. The smallest absolute Gasteiger partial charge is 0.242 e. The van der Waals surface area contributed by atoms with Gasteiger partial charge in [0.15, 0.2) is 0 Å². The highest BCUT2D eigenvalue weighted by atomic mass is 16.2. The zero-order valence-corrected chi connectivity index (χ0v) is 13.7. The number of pyridine rings is 2. The number of likely N-dealkylation sites (tertiary alicyclic amines) is 1. The lowest BCUT2D eigenvalue weighted by Gasteiger charge is -2.26. The van der Waals surface area contributed by atoms with E-state index in [1.807, 2.05) is 24.3 Å². The number of hydrogen-bond donors (Lipinski definition) is 2. The molecule has 1 aliphatic rings. The van der Waals surface area contributed by atoms with Crippen molar-refractivity contribution in [2.75, 3.05) is 31.5 Å². The summed E-state index contributed by atoms with van der Waals surface area (Å²) >= 11 is 0. The summed E-state index contributed by atoms with van der Waals surface area (Å²) in [7, 11) is 0. The van der Waals surface area contributed by atoms with Crippen LogP contribution < -0.4 is 10.6 Å². The molecule has 6 nitrogen and oxygen atoms in total. The van der Waals surface area contributed by atoms with Crippen LogP contribution in [-0.4, -0.2) is 47.0 Å². The Labute approximate surface area is 142 Å². The Morgan fingerprint density at radius 3 is 2.50 bits per heavy atom. The van der Waals surface area contributed by atoms with Crippen LogP contribution >= 0.6 is 0 Å². The van der Waals surface area contributed by atoms with Crippen LogP contribution in [0.4, 0.5) is 5.69 Å². The molecule has 3 rings (SSSR count). The fourth-order valence-corrected chi connectivity index (χ4v) is 3.02. The highest BCUT2D eigenvalue weighted by molar-refractivity contribution is 5.83. The predicted octanol–water partition coefficient (Wildman–Crippen LogP) is 1.84. The maximum Gasteiger partial charge on any atom is 0.242 e. The summed E-state index contributed by atoms with van der Waals surface area (Å²) in [5.41, 5.74) is 1.91. The van der Waals surface area contributed by atoms with Gasteiger partial charge in [0.25, 0.3) is 0 Å². The maximum atomic E-state index is 12.7. The quantitative estimate of drug-likeness (QED) is 0.760. The molecule has 126 valence electrons. The average Bonchev–Trinajstić information content (AvgIpc) is 3.15. The third-order valence-electron chi connectivity index (χ3n) is 4.17. The van der Waals surface area contributed by atoms with Gasteiger partial charge in [-0.05, 0) is 49.7 Å². The van der Waals surface area contributed by atoms with Crippen molar-refractivity contribution < 1.29 is 4.79 Å². The molecule has 2 N–H and O–H groups in total. The van der Waals surface area contributed by atoms with Crippen LogP contribution in [0.15, 0.2) is 49.1 Å². The molecule has 1 fully saturated rings. The standard InChI is InChI=1S/C18H23N5O/c24-18(22-10-9-21-16-6-4-8-20-14-16)17(23-11-1-2-12-23)15-5-3-7-19-13-15/h3-8,13-14,17,21H,1-2,9-12H2,(H,22,24)/t17-/m1/s1. The topological polar surface area (TPSA) is 70.1 Å². The van der Waals surface area contributed by atoms with Crippen molar-refractivity contribution in [2.24, 2.45) is 0 Å². The summed E-state index contributed by atoms with van der Waals surface area (Å²) in [4.78, 5) is 23.2. The van der Waals surface area contributed by atoms with E-state index < -0.39 is 0 Å². The molecule has 0 radical (unpaired) electrons. The Balaban J connectivity index is 1.55. The second kappa shape index (κ2) is 8.40. The molecule has 24 heavy (non-hydrogen) atoms. The van der Waals surface area contributed by atoms with Gasteiger partial charge in [-0.1, -0.05) is 6.07 Å². The van der Waals surface area contributed by atoms with Crippen molar-refractivity contribution in [1.29, 1.82) is 0 Å². The van der Waals surface area contributed by atoms with Crippen LogP contribution in [-0.2, 0) is 4.79 Å². The van der Waals surface area contributed by atoms with Crippen molar-refractivity contribution in [1.82, 2.24) is 20.2 Å². The van der Waals surface area contributed by atoms with Crippen molar-refractivity contribution in [2.45, 2.75) is 18.9 Å². The number of nitrogens with one attached hydrogen (secondary N) is 2. The average molecular weight is 325 g/mol. The lowest BCUT2D eigenvalue weighted by Crippen LogP contribution is -2.40. The fourth-order valence-electron chi connectivity index (χ4n) is 3.02. The summed E-state index contributed by atoms with van der Waals surface area (Å²) < 4.78 is 0. The van der Waals surface area contributed by atoms with E-state index in [0.717, 1.165) is 37.2 Å². The third-order valence-corrected chi connectivity index (χ3v) is 4.17. The Hall–Kier alpha value is -2.47. The molecule has 1 atom stereocenters. The number of carbonyl (C=O) groups excluding carboxylic acids is 1. The van der Waals surface area contributed by atoms with Crippen molar-refractivity contribution in [3.05, 3.63) is 54.6 Å². The highest BCUT2D eigenvalue weighted by Crippen LogP contribution is 2.24. The lowest BCUT2D eigenvalue weighted by atomic mass is 10.1. The number of nitrogens with zero attached hydrogens (tertiary/aromatic N) is 3. The van der Waals surface area contributed by atoms with E-state index in [-0.39, 0.29) is 11.9 Å². The van der Waals surface area contributed by atoms with Gasteiger partial charge in [0.1, 0.15) is 6.04 Å². The molecule has 1 amide bonds. The zero-order valence-electron chi connectivity index (χ0n) is 13.7.